The number of aldehydes is 1. The number of allylic oxidation sites excluding steroid dienone is 1. The number of rotatable bonds is 6. The summed E-state index contributed by atoms with van der Waals surface area (Å²) in [6.07, 6.45) is 3.35. The minimum Gasteiger partial charge on any atom is -0.380 e. The van der Waals surface area contributed by atoms with Gasteiger partial charge >= 0.3 is 0 Å². The Balaban J connectivity index is 1.66. The topological polar surface area (TPSA) is 63.2 Å². The molecule has 0 amide bonds. The molecule has 0 bridgehead atoms. The molecule has 0 aliphatic heterocycles. The van der Waals surface area contributed by atoms with Crippen molar-refractivity contribution in [2.45, 2.75) is 31.2 Å². The van der Waals surface area contributed by atoms with Gasteiger partial charge in [-0.2, -0.15) is 0 Å². The highest BCUT2D eigenvalue weighted by Gasteiger charge is 2.31. The van der Waals surface area contributed by atoms with Crippen LogP contribution in [0.4, 0.5) is 0 Å². The second-order valence-electron chi connectivity index (χ2n) is 6.52. The number of carbonyl (C=O) groups is 3. The van der Waals surface area contributed by atoms with E-state index in [1.54, 1.807) is 0 Å². The van der Waals surface area contributed by atoms with Gasteiger partial charge in [-0.3, -0.25) is 9.59 Å². The van der Waals surface area contributed by atoms with E-state index in [-0.39, 0.29) is 23.1 Å². The lowest BCUT2D eigenvalue weighted by Gasteiger charge is -2.22. The molecule has 2 aromatic rings. The van der Waals surface area contributed by atoms with Gasteiger partial charge in [0.05, 0.1) is 11.6 Å². The fourth-order valence-corrected chi connectivity index (χ4v) is 3.22. The number of hydrogen-bond donors (Lipinski definition) is 1. The summed E-state index contributed by atoms with van der Waals surface area (Å²) >= 11 is 0. The zero-order chi connectivity index (χ0) is 18.4. The van der Waals surface area contributed by atoms with E-state index in [2.05, 4.69) is 5.32 Å². The predicted octanol–water partition coefficient (Wildman–Crippen LogP) is 2.99. The molecule has 1 aliphatic carbocycles. The highest BCUT2D eigenvalue weighted by molar-refractivity contribution is 6.22. The van der Waals surface area contributed by atoms with E-state index in [4.69, 9.17) is 0 Å². The zero-order valence-electron chi connectivity index (χ0n) is 14.4. The standard InChI is InChI=1S/C22H21NO3/c24-15-19(11-16-7-3-1-4-8-16)23-14-20-21(25)12-18(13-22(20)26)17-9-5-2-6-10-17/h1-10,14-15,18-19,23H,11-13H2. The molecule has 0 heterocycles. The molecule has 0 aromatic heterocycles. The van der Waals surface area contributed by atoms with Crippen molar-refractivity contribution < 1.29 is 14.4 Å². The Morgan fingerprint density at radius 3 is 2.08 bits per heavy atom. The summed E-state index contributed by atoms with van der Waals surface area (Å²) in [6.45, 7) is 0. The molecular weight excluding hydrogens is 326 g/mol. The third-order valence-corrected chi connectivity index (χ3v) is 4.64. The number of Topliss-reactive ketones (excluding diaryl/α,β-unsaturated/α-hetero) is 2. The summed E-state index contributed by atoms with van der Waals surface area (Å²) < 4.78 is 0. The molecule has 1 saturated carbocycles. The fourth-order valence-electron chi connectivity index (χ4n) is 3.22. The van der Waals surface area contributed by atoms with Crippen LogP contribution in [-0.2, 0) is 20.8 Å². The molecular formula is C22H21NO3. The van der Waals surface area contributed by atoms with E-state index in [0.717, 1.165) is 17.4 Å². The molecule has 1 fully saturated rings. The third kappa shape index (κ3) is 4.33. The van der Waals surface area contributed by atoms with Crippen molar-refractivity contribution in [3.8, 4) is 0 Å². The van der Waals surface area contributed by atoms with Gasteiger partial charge in [-0.15, -0.1) is 0 Å². The Morgan fingerprint density at radius 2 is 1.50 bits per heavy atom. The van der Waals surface area contributed by atoms with Crippen molar-refractivity contribution in [3.63, 3.8) is 0 Å². The van der Waals surface area contributed by atoms with Gasteiger partial charge in [0.15, 0.2) is 11.6 Å². The van der Waals surface area contributed by atoms with Gasteiger partial charge in [-0.25, -0.2) is 0 Å². The number of benzene rings is 2. The third-order valence-electron chi connectivity index (χ3n) is 4.64. The molecule has 132 valence electrons. The molecule has 0 saturated heterocycles. The summed E-state index contributed by atoms with van der Waals surface area (Å²) in [7, 11) is 0. The zero-order valence-corrected chi connectivity index (χ0v) is 14.4. The largest absolute Gasteiger partial charge is 0.380 e. The van der Waals surface area contributed by atoms with E-state index in [9.17, 15) is 14.4 Å². The van der Waals surface area contributed by atoms with Gasteiger partial charge in [0, 0.05) is 19.0 Å². The van der Waals surface area contributed by atoms with Crippen molar-refractivity contribution in [3.05, 3.63) is 83.6 Å². The summed E-state index contributed by atoms with van der Waals surface area (Å²) in [5.41, 5.74) is 2.19. The number of nitrogens with one attached hydrogen (secondary N) is 1. The van der Waals surface area contributed by atoms with Crippen molar-refractivity contribution in [1.82, 2.24) is 5.32 Å². The first kappa shape index (κ1) is 17.8. The Bertz CT molecular complexity index is 792. The van der Waals surface area contributed by atoms with Crippen LogP contribution in [-0.4, -0.2) is 23.9 Å². The van der Waals surface area contributed by atoms with E-state index < -0.39 is 6.04 Å². The van der Waals surface area contributed by atoms with Gasteiger partial charge in [-0.1, -0.05) is 60.7 Å². The first-order chi connectivity index (χ1) is 12.7. The quantitative estimate of drug-likeness (QED) is 0.496. The van der Waals surface area contributed by atoms with Gasteiger partial charge in [0.2, 0.25) is 0 Å². The molecule has 0 spiro atoms. The van der Waals surface area contributed by atoms with E-state index >= 15 is 0 Å². The highest BCUT2D eigenvalue weighted by atomic mass is 16.2. The maximum Gasteiger partial charge on any atom is 0.168 e. The number of ketones is 2. The molecule has 1 unspecified atom stereocenters. The Morgan fingerprint density at radius 1 is 0.923 bits per heavy atom. The molecule has 4 heteroatoms. The van der Waals surface area contributed by atoms with E-state index in [1.807, 2.05) is 60.7 Å². The van der Waals surface area contributed by atoms with Gasteiger partial charge in [-0.05, 0) is 23.5 Å². The Labute approximate surface area is 152 Å². The van der Waals surface area contributed by atoms with Crippen LogP contribution in [0.5, 0.6) is 0 Å². The van der Waals surface area contributed by atoms with Crippen molar-refractivity contribution in [2.75, 3.05) is 0 Å². The minimum absolute atomic E-state index is 0.0699. The van der Waals surface area contributed by atoms with Crippen LogP contribution in [0.2, 0.25) is 0 Å². The van der Waals surface area contributed by atoms with E-state index in [1.165, 1.54) is 6.20 Å². The van der Waals surface area contributed by atoms with Crippen molar-refractivity contribution in [2.24, 2.45) is 0 Å². The van der Waals surface area contributed by atoms with Crippen LogP contribution in [0.15, 0.2) is 72.4 Å². The average Bonchev–Trinajstić information content (AvgIpc) is 2.67. The lowest BCUT2D eigenvalue weighted by molar-refractivity contribution is -0.124. The summed E-state index contributed by atoms with van der Waals surface area (Å²) in [4.78, 5) is 36.2. The maximum absolute atomic E-state index is 12.4. The fraction of sp³-hybridized carbons (Fsp3) is 0.227. The Hall–Kier alpha value is -3.01. The predicted molar refractivity (Wildman–Crippen MR) is 99.6 cm³/mol. The number of hydrogen-bond acceptors (Lipinski definition) is 4. The average molecular weight is 347 g/mol. The molecule has 3 rings (SSSR count). The second kappa shape index (κ2) is 8.39. The number of carbonyl (C=O) groups excluding carboxylic acids is 3. The van der Waals surface area contributed by atoms with Crippen molar-refractivity contribution in [1.29, 1.82) is 0 Å². The van der Waals surface area contributed by atoms with Crippen LogP contribution in [0.3, 0.4) is 0 Å². The highest BCUT2D eigenvalue weighted by Crippen LogP contribution is 2.31. The normalized spacial score (nSPS) is 18.3. The monoisotopic (exact) mass is 347 g/mol. The summed E-state index contributed by atoms with van der Waals surface area (Å²) in [5.74, 6) is -0.418. The molecule has 26 heavy (non-hydrogen) atoms. The van der Waals surface area contributed by atoms with Crippen LogP contribution < -0.4 is 5.32 Å². The van der Waals surface area contributed by atoms with Crippen LogP contribution in [0.25, 0.3) is 0 Å². The molecule has 1 N–H and O–H groups in total. The lowest BCUT2D eigenvalue weighted by atomic mass is 9.80. The molecule has 1 atom stereocenters. The van der Waals surface area contributed by atoms with E-state index in [0.29, 0.717) is 19.3 Å². The van der Waals surface area contributed by atoms with Crippen LogP contribution >= 0.6 is 0 Å². The molecule has 4 nitrogen and oxygen atoms in total. The van der Waals surface area contributed by atoms with Crippen molar-refractivity contribution >= 4 is 17.9 Å². The first-order valence-corrected chi connectivity index (χ1v) is 8.74. The summed E-state index contributed by atoms with van der Waals surface area (Å²) in [6, 6.07) is 18.8. The molecule has 0 radical (unpaired) electrons. The SMILES string of the molecule is O=CC(Cc1ccccc1)NC=C1C(=O)CC(c2ccccc2)CC1=O. The van der Waals surface area contributed by atoms with Gasteiger partial charge in [0.25, 0.3) is 0 Å². The van der Waals surface area contributed by atoms with Crippen LogP contribution in [0.1, 0.15) is 29.9 Å². The second-order valence-corrected chi connectivity index (χ2v) is 6.52. The summed E-state index contributed by atoms with van der Waals surface area (Å²) in [5, 5.41) is 2.93. The maximum atomic E-state index is 12.4. The molecule has 1 aliphatic rings. The first-order valence-electron chi connectivity index (χ1n) is 8.74. The Kier molecular flexibility index (Phi) is 5.74. The van der Waals surface area contributed by atoms with Gasteiger partial charge in [0.1, 0.15) is 6.29 Å². The minimum atomic E-state index is -0.475. The lowest BCUT2D eigenvalue weighted by Crippen LogP contribution is -2.32. The van der Waals surface area contributed by atoms with Crippen LogP contribution in [0, 0.1) is 0 Å². The van der Waals surface area contributed by atoms with Gasteiger partial charge < -0.3 is 10.1 Å². The molecule has 2 aromatic carbocycles. The smallest absolute Gasteiger partial charge is 0.168 e.